The van der Waals surface area contributed by atoms with E-state index < -0.39 is 5.97 Å². The van der Waals surface area contributed by atoms with Crippen LogP contribution in [0.15, 0.2) is 39.9 Å². The van der Waals surface area contributed by atoms with Crippen molar-refractivity contribution in [2.45, 2.75) is 52.6 Å². The molecule has 0 amide bonds. The fourth-order valence-corrected chi connectivity index (χ4v) is 3.41. The molecule has 0 aliphatic rings. The van der Waals surface area contributed by atoms with Crippen LogP contribution in [0.1, 0.15) is 38.7 Å². The number of carbonyl (C=O) groups is 1. The van der Waals surface area contributed by atoms with Crippen molar-refractivity contribution in [3.8, 4) is 11.3 Å². The number of aliphatic carboxylic acids is 1. The Morgan fingerprint density at radius 2 is 1.68 bits per heavy atom. The lowest BCUT2D eigenvalue weighted by atomic mass is 10.1. The predicted octanol–water partition coefficient (Wildman–Crippen LogP) is 3.00. The first kappa shape index (κ1) is 19.7. The number of H-pyrrole nitrogens is 1. The number of aryl methyl sites for hydroxylation is 2. The SMILES string of the molecule is CCCn1c(=O)c2[nH]c(-c3ccc(CCC(=O)O)cc3)cc2n(CCC)c1=O. The molecule has 3 rings (SSSR count). The lowest BCUT2D eigenvalue weighted by Gasteiger charge is -2.10. The predicted molar refractivity (Wildman–Crippen MR) is 109 cm³/mol. The van der Waals surface area contributed by atoms with Crippen molar-refractivity contribution >= 4 is 17.0 Å². The fourth-order valence-electron chi connectivity index (χ4n) is 3.41. The van der Waals surface area contributed by atoms with Gasteiger partial charge in [-0.1, -0.05) is 38.1 Å². The van der Waals surface area contributed by atoms with Gasteiger partial charge < -0.3 is 10.1 Å². The monoisotopic (exact) mass is 383 g/mol. The van der Waals surface area contributed by atoms with Gasteiger partial charge in [-0.15, -0.1) is 0 Å². The second-order valence-corrected chi connectivity index (χ2v) is 6.92. The normalized spacial score (nSPS) is 11.2. The van der Waals surface area contributed by atoms with Gasteiger partial charge in [0.2, 0.25) is 0 Å². The van der Waals surface area contributed by atoms with Crippen LogP contribution in [0, 0.1) is 0 Å². The maximum atomic E-state index is 12.8. The topological polar surface area (TPSA) is 97.1 Å². The van der Waals surface area contributed by atoms with Gasteiger partial charge in [0.25, 0.3) is 5.56 Å². The minimum Gasteiger partial charge on any atom is -0.481 e. The molecule has 28 heavy (non-hydrogen) atoms. The van der Waals surface area contributed by atoms with Gasteiger partial charge in [0, 0.05) is 25.2 Å². The average Bonchev–Trinajstić information content (AvgIpc) is 3.13. The number of hydrogen-bond acceptors (Lipinski definition) is 3. The van der Waals surface area contributed by atoms with Crippen molar-refractivity contribution < 1.29 is 9.90 Å². The van der Waals surface area contributed by atoms with E-state index in [0.29, 0.717) is 37.0 Å². The van der Waals surface area contributed by atoms with E-state index in [9.17, 15) is 14.4 Å². The van der Waals surface area contributed by atoms with Gasteiger partial charge in [0.1, 0.15) is 5.52 Å². The fraction of sp³-hybridized carbons (Fsp3) is 0.381. The molecule has 3 aromatic rings. The largest absolute Gasteiger partial charge is 0.481 e. The molecule has 0 aliphatic carbocycles. The molecule has 0 spiro atoms. The summed E-state index contributed by atoms with van der Waals surface area (Å²) < 4.78 is 2.96. The number of aromatic nitrogens is 3. The van der Waals surface area contributed by atoms with E-state index in [4.69, 9.17) is 5.11 Å². The molecule has 0 saturated heterocycles. The molecule has 7 heteroatoms. The zero-order chi connectivity index (χ0) is 20.3. The van der Waals surface area contributed by atoms with Gasteiger partial charge in [0.05, 0.1) is 5.52 Å². The van der Waals surface area contributed by atoms with Crippen LogP contribution < -0.4 is 11.2 Å². The number of nitrogens with one attached hydrogen (secondary N) is 1. The van der Waals surface area contributed by atoms with Crippen LogP contribution >= 0.6 is 0 Å². The first-order valence-corrected chi connectivity index (χ1v) is 9.63. The molecular formula is C21H25N3O4. The summed E-state index contributed by atoms with van der Waals surface area (Å²) in [5, 5.41) is 8.80. The van der Waals surface area contributed by atoms with Crippen LogP contribution in [0.4, 0.5) is 0 Å². The average molecular weight is 383 g/mol. The number of hydrogen-bond donors (Lipinski definition) is 2. The molecule has 0 unspecified atom stereocenters. The molecule has 7 nitrogen and oxygen atoms in total. The molecular weight excluding hydrogens is 358 g/mol. The highest BCUT2D eigenvalue weighted by molar-refractivity contribution is 5.82. The van der Waals surface area contributed by atoms with E-state index >= 15 is 0 Å². The highest BCUT2D eigenvalue weighted by atomic mass is 16.4. The molecule has 0 fully saturated rings. The van der Waals surface area contributed by atoms with Crippen LogP contribution in [0.25, 0.3) is 22.3 Å². The molecule has 0 aliphatic heterocycles. The Labute approximate surface area is 162 Å². The smallest absolute Gasteiger partial charge is 0.331 e. The van der Waals surface area contributed by atoms with E-state index in [1.165, 1.54) is 4.57 Å². The number of nitrogens with zero attached hydrogens (tertiary/aromatic N) is 2. The molecule has 0 atom stereocenters. The first-order chi connectivity index (χ1) is 13.5. The van der Waals surface area contributed by atoms with Gasteiger partial charge in [-0.3, -0.25) is 18.7 Å². The minimum atomic E-state index is -0.822. The van der Waals surface area contributed by atoms with Crippen LogP contribution in [0.2, 0.25) is 0 Å². The molecule has 0 saturated carbocycles. The molecule has 2 aromatic heterocycles. The third kappa shape index (κ3) is 3.78. The number of rotatable bonds is 8. The molecule has 148 valence electrons. The summed E-state index contributed by atoms with van der Waals surface area (Å²) in [4.78, 5) is 39.5. The second-order valence-electron chi connectivity index (χ2n) is 6.92. The van der Waals surface area contributed by atoms with Crippen LogP contribution in [-0.2, 0) is 24.3 Å². The Kier molecular flexibility index (Phi) is 5.82. The third-order valence-corrected chi connectivity index (χ3v) is 4.80. The minimum absolute atomic E-state index is 0.0893. The van der Waals surface area contributed by atoms with Crippen molar-refractivity contribution in [2.24, 2.45) is 0 Å². The van der Waals surface area contributed by atoms with Crippen molar-refractivity contribution in [2.75, 3.05) is 0 Å². The zero-order valence-corrected chi connectivity index (χ0v) is 16.2. The van der Waals surface area contributed by atoms with E-state index in [0.717, 1.165) is 23.2 Å². The zero-order valence-electron chi connectivity index (χ0n) is 16.2. The van der Waals surface area contributed by atoms with Crippen molar-refractivity contribution in [3.63, 3.8) is 0 Å². The second kappa shape index (κ2) is 8.29. The Hall–Kier alpha value is -3.09. The number of aromatic amines is 1. The Morgan fingerprint density at radius 3 is 2.29 bits per heavy atom. The van der Waals surface area contributed by atoms with E-state index in [2.05, 4.69) is 4.98 Å². The van der Waals surface area contributed by atoms with Crippen LogP contribution in [0.3, 0.4) is 0 Å². The summed E-state index contributed by atoms with van der Waals surface area (Å²) in [6.07, 6.45) is 2.06. The van der Waals surface area contributed by atoms with Crippen molar-refractivity contribution in [3.05, 3.63) is 56.7 Å². The van der Waals surface area contributed by atoms with E-state index in [1.807, 2.05) is 44.2 Å². The third-order valence-electron chi connectivity index (χ3n) is 4.80. The van der Waals surface area contributed by atoms with Crippen molar-refractivity contribution in [1.82, 2.24) is 14.1 Å². The highest BCUT2D eigenvalue weighted by Crippen LogP contribution is 2.23. The number of carboxylic acid groups (broad SMARTS) is 1. The van der Waals surface area contributed by atoms with E-state index in [1.54, 1.807) is 4.57 Å². The van der Waals surface area contributed by atoms with Gasteiger partial charge in [-0.05, 0) is 36.5 Å². The lowest BCUT2D eigenvalue weighted by molar-refractivity contribution is -0.136. The highest BCUT2D eigenvalue weighted by Gasteiger charge is 2.16. The van der Waals surface area contributed by atoms with E-state index in [-0.39, 0.29) is 17.7 Å². The van der Waals surface area contributed by atoms with Gasteiger partial charge >= 0.3 is 11.7 Å². The van der Waals surface area contributed by atoms with Crippen LogP contribution in [-0.4, -0.2) is 25.2 Å². The summed E-state index contributed by atoms with van der Waals surface area (Å²) in [5.74, 6) is -0.822. The van der Waals surface area contributed by atoms with Gasteiger partial charge in [-0.2, -0.15) is 0 Å². The summed E-state index contributed by atoms with van der Waals surface area (Å²) in [7, 11) is 0. The quantitative estimate of drug-likeness (QED) is 0.625. The maximum Gasteiger partial charge on any atom is 0.331 e. The Morgan fingerprint density at radius 1 is 1.04 bits per heavy atom. The molecule has 0 radical (unpaired) electrons. The number of fused-ring (bicyclic) bond motifs is 1. The Balaban J connectivity index is 2.07. The first-order valence-electron chi connectivity index (χ1n) is 9.63. The standard InChI is InChI=1S/C21H25N3O4/c1-3-11-23-17-13-16(15-8-5-14(6-9-15)7-10-18(25)26)22-19(17)20(27)24(12-4-2)21(23)28/h5-6,8-9,13,22H,3-4,7,10-12H2,1-2H3,(H,25,26). The lowest BCUT2D eigenvalue weighted by Crippen LogP contribution is -2.39. The summed E-state index contributed by atoms with van der Waals surface area (Å²) in [6, 6.07) is 9.41. The number of carboxylic acids is 1. The number of benzene rings is 1. The summed E-state index contributed by atoms with van der Waals surface area (Å²) >= 11 is 0. The molecule has 2 heterocycles. The Bertz CT molecular complexity index is 1100. The maximum absolute atomic E-state index is 12.8. The summed E-state index contributed by atoms with van der Waals surface area (Å²) in [6.45, 7) is 4.87. The molecule has 0 bridgehead atoms. The molecule has 2 N–H and O–H groups in total. The van der Waals surface area contributed by atoms with Crippen molar-refractivity contribution in [1.29, 1.82) is 0 Å². The van der Waals surface area contributed by atoms with Crippen LogP contribution in [0.5, 0.6) is 0 Å². The van der Waals surface area contributed by atoms with Gasteiger partial charge in [0.15, 0.2) is 0 Å². The molecule has 1 aromatic carbocycles. The summed E-state index contributed by atoms with van der Waals surface area (Å²) in [5.41, 5.74) is 3.08. The van der Waals surface area contributed by atoms with Gasteiger partial charge in [-0.25, -0.2) is 4.79 Å².